The summed E-state index contributed by atoms with van der Waals surface area (Å²) in [5.74, 6) is -0.367. The minimum Gasteiger partial charge on any atom is -0.356 e. The molecule has 0 atom stereocenters. The zero-order chi connectivity index (χ0) is 15.0. The Balaban J connectivity index is 2.18. The van der Waals surface area contributed by atoms with Crippen molar-refractivity contribution in [1.29, 1.82) is 0 Å². The number of benzene rings is 1. The van der Waals surface area contributed by atoms with Gasteiger partial charge in [0.2, 0.25) is 15.9 Å². The van der Waals surface area contributed by atoms with Gasteiger partial charge in [-0.25, -0.2) is 12.7 Å². The molecule has 0 saturated heterocycles. The molecule has 1 rings (SSSR count). The summed E-state index contributed by atoms with van der Waals surface area (Å²) in [6.07, 6.45) is 1.75. The van der Waals surface area contributed by atoms with Crippen LogP contribution in [0.3, 0.4) is 0 Å². The van der Waals surface area contributed by atoms with Gasteiger partial charge in [-0.15, -0.1) is 0 Å². The molecule has 6 heteroatoms. The summed E-state index contributed by atoms with van der Waals surface area (Å²) in [6, 6.07) is 10.0. The lowest BCUT2D eigenvalue weighted by Crippen LogP contribution is -2.30. The van der Waals surface area contributed by atoms with Crippen molar-refractivity contribution in [3.63, 3.8) is 0 Å². The second-order valence-electron chi connectivity index (χ2n) is 4.79. The van der Waals surface area contributed by atoms with E-state index >= 15 is 0 Å². The smallest absolute Gasteiger partial charge is 0.221 e. The summed E-state index contributed by atoms with van der Waals surface area (Å²) in [5, 5.41) is 2.74. The normalized spacial score (nSPS) is 11.6. The van der Waals surface area contributed by atoms with E-state index in [4.69, 9.17) is 0 Å². The number of carbonyl (C=O) groups is 1. The third kappa shape index (κ3) is 6.16. The second-order valence-corrected chi connectivity index (χ2v) is 7.09. The van der Waals surface area contributed by atoms with E-state index in [2.05, 4.69) is 5.32 Å². The van der Waals surface area contributed by atoms with E-state index in [-0.39, 0.29) is 18.1 Å². The minimum absolute atomic E-state index is 0.00580. The standard InChI is InChI=1S/C14H22N2O3S/c1-16(2)20(18,19)12-10-14(17)15-11-6-9-13-7-4-3-5-8-13/h3-5,7-8H,6,9-12H2,1-2H3,(H,15,17). The molecule has 0 fully saturated rings. The lowest BCUT2D eigenvalue weighted by atomic mass is 10.1. The Morgan fingerprint density at radius 2 is 1.85 bits per heavy atom. The van der Waals surface area contributed by atoms with Gasteiger partial charge in [0.05, 0.1) is 5.75 Å². The number of amides is 1. The lowest BCUT2D eigenvalue weighted by molar-refractivity contribution is -0.120. The summed E-state index contributed by atoms with van der Waals surface area (Å²) in [5.41, 5.74) is 1.23. The molecule has 0 heterocycles. The number of nitrogens with one attached hydrogen (secondary N) is 1. The van der Waals surface area contributed by atoms with E-state index in [0.29, 0.717) is 6.54 Å². The summed E-state index contributed by atoms with van der Waals surface area (Å²) in [7, 11) is -0.364. The van der Waals surface area contributed by atoms with E-state index < -0.39 is 10.0 Å². The third-order valence-corrected chi connectivity index (χ3v) is 4.78. The Labute approximate surface area is 121 Å². The van der Waals surface area contributed by atoms with Gasteiger partial charge in [-0.3, -0.25) is 4.79 Å². The van der Waals surface area contributed by atoms with Gasteiger partial charge in [-0.05, 0) is 18.4 Å². The first-order valence-corrected chi connectivity index (χ1v) is 8.23. The molecule has 5 nitrogen and oxygen atoms in total. The zero-order valence-corrected chi connectivity index (χ0v) is 12.8. The number of sulfonamides is 1. The number of nitrogens with zero attached hydrogens (tertiary/aromatic N) is 1. The van der Waals surface area contributed by atoms with Crippen molar-refractivity contribution < 1.29 is 13.2 Å². The van der Waals surface area contributed by atoms with E-state index in [1.165, 1.54) is 19.7 Å². The molecular formula is C14H22N2O3S. The molecule has 1 amide bonds. The molecule has 0 aliphatic heterocycles. The predicted octanol–water partition coefficient (Wildman–Crippen LogP) is 1.02. The van der Waals surface area contributed by atoms with Gasteiger partial charge in [0.15, 0.2) is 0 Å². The summed E-state index contributed by atoms with van der Waals surface area (Å²) < 4.78 is 24.1. The molecule has 0 spiro atoms. The molecule has 0 aliphatic carbocycles. The maximum Gasteiger partial charge on any atom is 0.221 e. The molecule has 1 N–H and O–H groups in total. The van der Waals surface area contributed by atoms with Crippen molar-refractivity contribution in [3.8, 4) is 0 Å². The highest BCUT2D eigenvalue weighted by Gasteiger charge is 2.15. The highest BCUT2D eigenvalue weighted by atomic mass is 32.2. The van der Waals surface area contributed by atoms with Gasteiger partial charge >= 0.3 is 0 Å². The van der Waals surface area contributed by atoms with Crippen LogP contribution in [0.15, 0.2) is 30.3 Å². The summed E-state index contributed by atoms with van der Waals surface area (Å²) >= 11 is 0. The highest BCUT2D eigenvalue weighted by molar-refractivity contribution is 7.89. The first-order valence-electron chi connectivity index (χ1n) is 6.62. The monoisotopic (exact) mass is 298 g/mol. The topological polar surface area (TPSA) is 66.5 Å². The zero-order valence-electron chi connectivity index (χ0n) is 12.0. The number of carbonyl (C=O) groups excluding carboxylic acids is 1. The summed E-state index contributed by atoms with van der Waals surface area (Å²) in [6.45, 7) is 0.565. The Morgan fingerprint density at radius 1 is 1.20 bits per heavy atom. The summed E-state index contributed by atoms with van der Waals surface area (Å²) in [4.78, 5) is 11.5. The first kappa shape index (κ1) is 16.7. The maximum atomic E-state index is 11.5. The molecule has 112 valence electrons. The van der Waals surface area contributed by atoms with Crippen LogP contribution in [0, 0.1) is 0 Å². The highest BCUT2D eigenvalue weighted by Crippen LogP contribution is 2.01. The molecule has 0 bridgehead atoms. The van der Waals surface area contributed by atoms with Crippen molar-refractivity contribution in [2.75, 3.05) is 26.4 Å². The average molecular weight is 298 g/mol. The maximum absolute atomic E-state index is 11.5. The first-order chi connectivity index (χ1) is 9.42. The SMILES string of the molecule is CN(C)S(=O)(=O)CCC(=O)NCCCc1ccccc1. The van der Waals surface area contributed by atoms with Gasteiger partial charge < -0.3 is 5.32 Å². The van der Waals surface area contributed by atoms with Gasteiger partial charge in [0.25, 0.3) is 0 Å². The van der Waals surface area contributed by atoms with Gasteiger partial charge in [0.1, 0.15) is 0 Å². The van der Waals surface area contributed by atoms with Crippen molar-refractivity contribution in [3.05, 3.63) is 35.9 Å². The van der Waals surface area contributed by atoms with Gasteiger partial charge in [-0.2, -0.15) is 0 Å². The van der Waals surface area contributed by atoms with Crippen LogP contribution in [0.25, 0.3) is 0 Å². The fraction of sp³-hybridized carbons (Fsp3) is 0.500. The average Bonchev–Trinajstić information content (AvgIpc) is 2.42. The van der Waals surface area contributed by atoms with Crippen LogP contribution in [0.5, 0.6) is 0 Å². The van der Waals surface area contributed by atoms with Crippen molar-refractivity contribution in [2.45, 2.75) is 19.3 Å². The lowest BCUT2D eigenvalue weighted by Gasteiger charge is -2.11. The van der Waals surface area contributed by atoms with Crippen molar-refractivity contribution >= 4 is 15.9 Å². The van der Waals surface area contributed by atoms with Crippen LogP contribution in [-0.4, -0.2) is 45.0 Å². The Kier molecular flexibility index (Phi) is 6.67. The fourth-order valence-corrected chi connectivity index (χ4v) is 2.47. The molecular weight excluding hydrogens is 276 g/mol. The molecule has 1 aromatic carbocycles. The molecule has 0 aliphatic rings. The fourth-order valence-electron chi connectivity index (χ4n) is 1.66. The Bertz CT molecular complexity index is 512. The van der Waals surface area contributed by atoms with Crippen molar-refractivity contribution in [2.24, 2.45) is 0 Å². The van der Waals surface area contributed by atoms with Crippen LogP contribution < -0.4 is 5.32 Å². The molecule has 0 radical (unpaired) electrons. The largest absolute Gasteiger partial charge is 0.356 e. The van der Waals surface area contributed by atoms with E-state index in [1.807, 2.05) is 30.3 Å². The van der Waals surface area contributed by atoms with Gasteiger partial charge in [-0.1, -0.05) is 30.3 Å². The van der Waals surface area contributed by atoms with Crippen LogP contribution in [-0.2, 0) is 21.2 Å². The number of rotatable bonds is 8. The second kappa shape index (κ2) is 8.01. The van der Waals surface area contributed by atoms with E-state index in [0.717, 1.165) is 17.1 Å². The molecule has 1 aromatic rings. The van der Waals surface area contributed by atoms with Crippen molar-refractivity contribution in [1.82, 2.24) is 9.62 Å². The van der Waals surface area contributed by atoms with Crippen LogP contribution in [0.2, 0.25) is 0 Å². The molecule has 0 unspecified atom stereocenters. The third-order valence-electron chi connectivity index (χ3n) is 2.95. The van der Waals surface area contributed by atoms with Crippen LogP contribution in [0.1, 0.15) is 18.4 Å². The molecule has 0 saturated carbocycles. The van der Waals surface area contributed by atoms with Gasteiger partial charge in [0, 0.05) is 27.1 Å². The number of aryl methyl sites for hydroxylation is 1. The van der Waals surface area contributed by atoms with Crippen LogP contribution in [0.4, 0.5) is 0 Å². The molecule has 20 heavy (non-hydrogen) atoms. The van der Waals surface area contributed by atoms with E-state index in [9.17, 15) is 13.2 Å². The minimum atomic E-state index is -3.29. The molecule has 0 aromatic heterocycles. The number of hydrogen-bond donors (Lipinski definition) is 1. The van der Waals surface area contributed by atoms with E-state index in [1.54, 1.807) is 0 Å². The number of hydrogen-bond acceptors (Lipinski definition) is 3. The predicted molar refractivity (Wildman–Crippen MR) is 79.9 cm³/mol. The van der Waals surface area contributed by atoms with Crippen LogP contribution >= 0.6 is 0 Å². The quantitative estimate of drug-likeness (QED) is 0.729. The Hall–Kier alpha value is -1.40. The Morgan fingerprint density at radius 3 is 2.45 bits per heavy atom.